The van der Waals surface area contributed by atoms with E-state index >= 15 is 0 Å². The van der Waals surface area contributed by atoms with Crippen LogP contribution in [0, 0.1) is 0 Å². The number of hydrogen-bond acceptors (Lipinski definition) is 5. The number of aliphatic hydroxyl groups excluding tert-OH is 1. The molecule has 100 valence electrons. The van der Waals surface area contributed by atoms with Crippen molar-refractivity contribution in [3.05, 3.63) is 23.8 Å². The molecular formula is C11H15NO6. The number of carboxylic acids is 2. The Labute approximate surface area is 103 Å². The van der Waals surface area contributed by atoms with Crippen molar-refractivity contribution in [2.45, 2.75) is 30.6 Å². The van der Waals surface area contributed by atoms with Crippen molar-refractivity contribution in [3.63, 3.8) is 0 Å². The van der Waals surface area contributed by atoms with Gasteiger partial charge in [-0.3, -0.25) is 0 Å². The molecule has 3 atom stereocenters. The summed E-state index contributed by atoms with van der Waals surface area (Å²) in [6.07, 6.45) is 1.59. The van der Waals surface area contributed by atoms with Crippen LogP contribution in [0.5, 0.6) is 0 Å². The molecule has 7 nitrogen and oxygen atoms in total. The summed E-state index contributed by atoms with van der Waals surface area (Å²) >= 11 is 0. The van der Waals surface area contributed by atoms with Gasteiger partial charge in [0.25, 0.3) is 0 Å². The highest BCUT2D eigenvalue weighted by Gasteiger charge is 2.60. The standard InChI is InChI=1S/C11H15NO6/c1-6-2-4-10(12,5-3-6)11(18,9(16)17)7(13)8(14)15/h2-4,7,13,18H,5,12H2,1H3,(H,14,15)(H,16,17). The Bertz CT molecular complexity index is 443. The fraction of sp³-hybridized carbons (Fsp3) is 0.455. The number of nitrogens with two attached hydrogens (primary N) is 1. The molecule has 0 heterocycles. The zero-order valence-electron chi connectivity index (χ0n) is 9.70. The lowest BCUT2D eigenvalue weighted by Crippen LogP contribution is -2.71. The Morgan fingerprint density at radius 3 is 2.39 bits per heavy atom. The predicted octanol–water partition coefficient (Wildman–Crippen LogP) is -1.15. The predicted molar refractivity (Wildman–Crippen MR) is 60.7 cm³/mol. The van der Waals surface area contributed by atoms with E-state index in [4.69, 9.17) is 15.9 Å². The number of carbonyl (C=O) groups is 2. The van der Waals surface area contributed by atoms with Crippen LogP contribution >= 0.6 is 0 Å². The number of allylic oxidation sites excluding steroid dienone is 2. The van der Waals surface area contributed by atoms with Crippen LogP contribution in [0.4, 0.5) is 0 Å². The van der Waals surface area contributed by atoms with Gasteiger partial charge in [-0.2, -0.15) is 0 Å². The fourth-order valence-electron chi connectivity index (χ4n) is 1.78. The number of carboxylic acid groups (broad SMARTS) is 2. The van der Waals surface area contributed by atoms with Crippen molar-refractivity contribution in [2.24, 2.45) is 5.73 Å². The van der Waals surface area contributed by atoms with Crippen molar-refractivity contribution in [2.75, 3.05) is 0 Å². The van der Waals surface area contributed by atoms with Crippen molar-refractivity contribution in [3.8, 4) is 0 Å². The first kappa shape index (κ1) is 14.4. The first-order valence-corrected chi connectivity index (χ1v) is 5.16. The smallest absolute Gasteiger partial charge is 0.341 e. The molecule has 0 aromatic rings. The monoisotopic (exact) mass is 257 g/mol. The van der Waals surface area contributed by atoms with Gasteiger partial charge in [-0.05, 0) is 13.3 Å². The largest absolute Gasteiger partial charge is 0.479 e. The summed E-state index contributed by atoms with van der Waals surface area (Å²) in [4.78, 5) is 21.9. The van der Waals surface area contributed by atoms with Crippen molar-refractivity contribution < 1.29 is 30.0 Å². The van der Waals surface area contributed by atoms with Crippen molar-refractivity contribution in [1.29, 1.82) is 0 Å². The molecule has 6 N–H and O–H groups in total. The van der Waals surface area contributed by atoms with E-state index in [0.717, 1.165) is 5.57 Å². The Morgan fingerprint density at radius 1 is 1.50 bits per heavy atom. The maximum absolute atomic E-state index is 11.1. The van der Waals surface area contributed by atoms with Gasteiger partial charge in [0.05, 0.1) is 5.54 Å². The van der Waals surface area contributed by atoms with E-state index in [1.807, 2.05) is 0 Å². The number of rotatable bonds is 4. The molecule has 1 aliphatic carbocycles. The van der Waals surface area contributed by atoms with Crippen molar-refractivity contribution in [1.82, 2.24) is 0 Å². The summed E-state index contributed by atoms with van der Waals surface area (Å²) < 4.78 is 0. The first-order valence-electron chi connectivity index (χ1n) is 5.16. The van der Waals surface area contributed by atoms with Gasteiger partial charge in [0.1, 0.15) is 0 Å². The van der Waals surface area contributed by atoms with E-state index in [-0.39, 0.29) is 6.42 Å². The molecule has 0 spiro atoms. The Hall–Kier alpha value is -1.70. The SMILES string of the molecule is CC1=CCC(N)(C(O)(C(=O)O)C(O)C(=O)O)C=C1. The molecule has 3 unspecified atom stereocenters. The first-order chi connectivity index (χ1) is 8.15. The topological polar surface area (TPSA) is 141 Å². The van der Waals surface area contributed by atoms with Crippen LogP contribution in [-0.4, -0.2) is 49.6 Å². The maximum Gasteiger partial charge on any atom is 0.341 e. The number of hydrogen-bond donors (Lipinski definition) is 5. The zero-order valence-corrected chi connectivity index (χ0v) is 9.70. The molecular weight excluding hydrogens is 242 g/mol. The molecule has 7 heteroatoms. The van der Waals surface area contributed by atoms with Gasteiger partial charge in [-0.15, -0.1) is 0 Å². The van der Waals surface area contributed by atoms with Crippen LogP contribution < -0.4 is 5.73 Å². The summed E-state index contributed by atoms with van der Waals surface area (Å²) in [5.41, 5.74) is 1.65. The van der Waals surface area contributed by atoms with E-state index in [9.17, 15) is 19.8 Å². The molecule has 0 amide bonds. The van der Waals surface area contributed by atoms with E-state index in [1.54, 1.807) is 13.0 Å². The Morgan fingerprint density at radius 2 is 2.06 bits per heavy atom. The molecule has 0 radical (unpaired) electrons. The highest BCUT2D eigenvalue weighted by Crippen LogP contribution is 2.33. The van der Waals surface area contributed by atoms with E-state index in [1.165, 1.54) is 12.2 Å². The van der Waals surface area contributed by atoms with Gasteiger partial charge in [-0.1, -0.05) is 23.8 Å². The molecule has 0 saturated heterocycles. The summed E-state index contributed by atoms with van der Waals surface area (Å²) in [5, 5.41) is 37.2. The lowest BCUT2D eigenvalue weighted by molar-refractivity contribution is -0.191. The van der Waals surface area contributed by atoms with Crippen molar-refractivity contribution >= 4 is 11.9 Å². The molecule has 18 heavy (non-hydrogen) atoms. The van der Waals surface area contributed by atoms with Gasteiger partial charge in [0.15, 0.2) is 6.10 Å². The minimum Gasteiger partial charge on any atom is -0.479 e. The third-order valence-electron chi connectivity index (χ3n) is 3.07. The zero-order chi connectivity index (χ0) is 14.1. The Kier molecular flexibility index (Phi) is 3.61. The molecule has 0 aromatic carbocycles. The average molecular weight is 257 g/mol. The average Bonchev–Trinajstić information content (AvgIpc) is 2.30. The van der Waals surface area contributed by atoms with Crippen LogP contribution in [0.2, 0.25) is 0 Å². The highest BCUT2D eigenvalue weighted by atomic mass is 16.4. The molecule has 0 bridgehead atoms. The third kappa shape index (κ3) is 2.03. The summed E-state index contributed by atoms with van der Waals surface area (Å²) in [6.45, 7) is 1.74. The van der Waals surface area contributed by atoms with Gasteiger partial charge >= 0.3 is 11.9 Å². The molecule has 1 aliphatic rings. The minimum atomic E-state index is -3.01. The molecule has 0 saturated carbocycles. The molecule has 0 aromatic heterocycles. The van der Waals surface area contributed by atoms with E-state index in [2.05, 4.69) is 0 Å². The van der Waals surface area contributed by atoms with Gasteiger partial charge < -0.3 is 26.2 Å². The Balaban J connectivity index is 3.26. The third-order valence-corrected chi connectivity index (χ3v) is 3.07. The molecule has 0 aliphatic heterocycles. The second kappa shape index (κ2) is 4.52. The fourth-order valence-corrected chi connectivity index (χ4v) is 1.78. The second-order valence-electron chi connectivity index (χ2n) is 4.34. The highest BCUT2D eigenvalue weighted by molar-refractivity contribution is 5.89. The molecule has 1 rings (SSSR count). The van der Waals surface area contributed by atoms with Gasteiger partial charge in [0.2, 0.25) is 5.60 Å². The van der Waals surface area contributed by atoms with E-state index < -0.39 is 29.2 Å². The second-order valence-corrected chi connectivity index (χ2v) is 4.34. The van der Waals surface area contributed by atoms with E-state index in [0.29, 0.717) is 0 Å². The van der Waals surface area contributed by atoms with Crippen LogP contribution in [0.15, 0.2) is 23.8 Å². The lowest BCUT2D eigenvalue weighted by Gasteiger charge is -2.41. The minimum absolute atomic E-state index is 0.0948. The number of aliphatic carboxylic acids is 2. The van der Waals surface area contributed by atoms with Crippen LogP contribution in [0.25, 0.3) is 0 Å². The normalized spacial score (nSPS) is 28.1. The summed E-state index contributed by atoms with van der Waals surface area (Å²) in [6, 6.07) is 0. The van der Waals surface area contributed by atoms with Gasteiger partial charge in [-0.25, -0.2) is 9.59 Å². The quantitative estimate of drug-likeness (QED) is 0.428. The van der Waals surface area contributed by atoms with Crippen LogP contribution in [0.3, 0.4) is 0 Å². The van der Waals surface area contributed by atoms with Gasteiger partial charge in [0, 0.05) is 0 Å². The number of aliphatic hydroxyl groups is 2. The summed E-state index contributed by atoms with van der Waals surface area (Å²) in [7, 11) is 0. The van der Waals surface area contributed by atoms with Crippen LogP contribution in [0.1, 0.15) is 13.3 Å². The maximum atomic E-state index is 11.1. The summed E-state index contributed by atoms with van der Waals surface area (Å²) in [5.74, 6) is -3.75. The van der Waals surface area contributed by atoms with Crippen LogP contribution in [-0.2, 0) is 9.59 Å². The lowest BCUT2D eigenvalue weighted by atomic mass is 9.72. The molecule has 0 fully saturated rings.